The highest BCUT2D eigenvalue weighted by molar-refractivity contribution is 6.98. The minimum absolute atomic E-state index is 0.0593. The highest BCUT2D eigenvalue weighted by atomic mass is 28.4. The standard InChI is InChI=1S/C44H72O3Si/c1-5-7-9-11-13-17-23-31-40(32-24-18-14-15-19-29-37-43(45)47-38-30-20-16-12-10-8-6-2)39-44(3,4)48(46,41-33-25-21-26-34-41)42-35-27-22-28-36-42/h20-22,25-28,30,33-36,40,46H,5-19,23-24,29,31-32,37-39H2,1-4H3/b30-20-. The van der Waals surface area contributed by atoms with Crippen LogP contribution in [0.15, 0.2) is 72.8 Å². The third-order valence-corrected chi connectivity index (χ3v) is 14.9. The van der Waals surface area contributed by atoms with E-state index < -0.39 is 8.32 Å². The number of benzene rings is 2. The van der Waals surface area contributed by atoms with Crippen molar-refractivity contribution in [2.75, 3.05) is 6.61 Å². The van der Waals surface area contributed by atoms with Crippen LogP contribution in [0.3, 0.4) is 0 Å². The molecule has 0 radical (unpaired) electrons. The maximum absolute atomic E-state index is 12.8. The van der Waals surface area contributed by atoms with Crippen molar-refractivity contribution in [1.82, 2.24) is 0 Å². The molecule has 2 aromatic carbocycles. The smallest absolute Gasteiger partial charge is 0.306 e. The number of allylic oxidation sites excluding steroid dienone is 1. The molecule has 0 bridgehead atoms. The summed E-state index contributed by atoms with van der Waals surface area (Å²) in [6.45, 7) is 9.61. The molecule has 1 N–H and O–H groups in total. The van der Waals surface area contributed by atoms with E-state index in [2.05, 4.69) is 94.4 Å². The van der Waals surface area contributed by atoms with E-state index in [1.807, 2.05) is 6.08 Å². The SMILES string of the molecule is CCCCCC/C=C\COC(=O)CCCCCCCCC(CCCCCCCCC)CC(C)(C)[Si](O)(c1ccccc1)c1ccccc1. The number of carbonyl (C=O) groups excluding carboxylic acids is 1. The molecule has 0 saturated carbocycles. The van der Waals surface area contributed by atoms with E-state index >= 15 is 0 Å². The van der Waals surface area contributed by atoms with Gasteiger partial charge in [-0.15, -0.1) is 0 Å². The van der Waals surface area contributed by atoms with Crippen molar-refractivity contribution in [2.45, 2.75) is 174 Å². The van der Waals surface area contributed by atoms with E-state index in [0.717, 1.165) is 36.1 Å². The van der Waals surface area contributed by atoms with Gasteiger partial charge in [0.2, 0.25) is 0 Å². The first-order valence-corrected chi connectivity index (χ1v) is 21.9. The van der Waals surface area contributed by atoms with Gasteiger partial charge in [-0.2, -0.15) is 0 Å². The lowest BCUT2D eigenvalue weighted by molar-refractivity contribution is -0.142. The van der Waals surface area contributed by atoms with Crippen molar-refractivity contribution in [3.8, 4) is 0 Å². The van der Waals surface area contributed by atoms with Gasteiger partial charge in [-0.1, -0.05) is 210 Å². The average molecular weight is 677 g/mol. The van der Waals surface area contributed by atoms with Crippen LogP contribution in [-0.2, 0) is 9.53 Å². The quantitative estimate of drug-likeness (QED) is 0.0404. The Morgan fingerprint density at radius 3 is 1.65 bits per heavy atom. The number of ether oxygens (including phenoxy) is 1. The lowest BCUT2D eigenvalue weighted by Crippen LogP contribution is -2.65. The fourth-order valence-corrected chi connectivity index (χ4v) is 11.2. The van der Waals surface area contributed by atoms with Crippen molar-refractivity contribution in [1.29, 1.82) is 0 Å². The summed E-state index contributed by atoms with van der Waals surface area (Å²) in [7, 11) is -3.00. The summed E-state index contributed by atoms with van der Waals surface area (Å²) in [6, 6.07) is 21.1. The first-order chi connectivity index (χ1) is 23.3. The second-order valence-electron chi connectivity index (χ2n) is 15.0. The van der Waals surface area contributed by atoms with E-state index in [-0.39, 0.29) is 11.0 Å². The Labute approximate surface area is 297 Å². The Morgan fingerprint density at radius 2 is 1.12 bits per heavy atom. The summed E-state index contributed by atoms with van der Waals surface area (Å²) >= 11 is 0. The molecule has 0 fully saturated rings. The van der Waals surface area contributed by atoms with E-state index in [0.29, 0.717) is 18.9 Å². The van der Waals surface area contributed by atoms with Gasteiger partial charge < -0.3 is 9.53 Å². The second kappa shape index (κ2) is 25.7. The van der Waals surface area contributed by atoms with Crippen LogP contribution in [0.2, 0.25) is 5.04 Å². The zero-order valence-electron chi connectivity index (χ0n) is 31.5. The van der Waals surface area contributed by atoms with Crippen molar-refractivity contribution >= 4 is 24.7 Å². The predicted octanol–water partition coefficient (Wildman–Crippen LogP) is 11.9. The minimum Gasteiger partial charge on any atom is -0.461 e. The molecule has 0 aliphatic rings. The monoisotopic (exact) mass is 677 g/mol. The third-order valence-electron chi connectivity index (χ3n) is 10.4. The van der Waals surface area contributed by atoms with Crippen LogP contribution in [0.4, 0.5) is 0 Å². The average Bonchev–Trinajstić information content (AvgIpc) is 3.10. The summed E-state index contributed by atoms with van der Waals surface area (Å²) in [4.78, 5) is 24.9. The summed E-state index contributed by atoms with van der Waals surface area (Å²) in [5.41, 5.74) is 0. The van der Waals surface area contributed by atoms with Crippen molar-refractivity contribution in [3.63, 3.8) is 0 Å². The molecule has 2 aromatic rings. The van der Waals surface area contributed by atoms with Crippen LogP contribution >= 0.6 is 0 Å². The molecule has 0 spiro atoms. The molecular weight excluding hydrogens is 605 g/mol. The number of esters is 1. The Balaban J connectivity index is 1.83. The molecule has 0 amide bonds. The fraction of sp³-hybridized carbons (Fsp3) is 0.659. The highest BCUT2D eigenvalue weighted by Gasteiger charge is 2.50. The molecule has 48 heavy (non-hydrogen) atoms. The van der Waals surface area contributed by atoms with Gasteiger partial charge in [-0.05, 0) is 47.0 Å². The normalized spacial score (nSPS) is 12.9. The first kappa shape index (κ1) is 42.0. The van der Waals surface area contributed by atoms with Crippen LogP contribution in [0.25, 0.3) is 0 Å². The summed E-state index contributed by atoms with van der Waals surface area (Å²) < 4.78 is 5.39. The van der Waals surface area contributed by atoms with Crippen LogP contribution in [0, 0.1) is 5.92 Å². The van der Waals surface area contributed by atoms with Gasteiger partial charge in [0.05, 0.1) is 0 Å². The van der Waals surface area contributed by atoms with Crippen molar-refractivity contribution in [2.24, 2.45) is 5.92 Å². The van der Waals surface area contributed by atoms with Crippen LogP contribution in [0.1, 0.15) is 169 Å². The Morgan fingerprint density at radius 1 is 0.667 bits per heavy atom. The van der Waals surface area contributed by atoms with Gasteiger partial charge in [0.1, 0.15) is 6.61 Å². The Hall–Kier alpha value is -2.17. The summed E-state index contributed by atoms with van der Waals surface area (Å²) in [5.74, 6) is 0.568. The maximum atomic E-state index is 12.8. The van der Waals surface area contributed by atoms with Gasteiger partial charge in [-0.3, -0.25) is 4.79 Å². The first-order valence-electron chi connectivity index (χ1n) is 20.0. The molecule has 4 heteroatoms. The molecular formula is C44H72O3Si. The molecule has 270 valence electrons. The predicted molar refractivity (Wildman–Crippen MR) is 211 cm³/mol. The lowest BCUT2D eigenvalue weighted by atomic mass is 9.87. The minimum atomic E-state index is -3.00. The molecule has 0 aromatic heterocycles. The molecule has 0 aliphatic carbocycles. The van der Waals surface area contributed by atoms with E-state index in [1.165, 1.54) is 109 Å². The number of hydrogen-bond donors (Lipinski definition) is 1. The zero-order valence-corrected chi connectivity index (χ0v) is 32.5. The summed E-state index contributed by atoms with van der Waals surface area (Å²) in [6.07, 6.45) is 30.8. The molecule has 3 nitrogen and oxygen atoms in total. The fourth-order valence-electron chi connectivity index (χ4n) is 7.41. The van der Waals surface area contributed by atoms with Crippen molar-refractivity contribution in [3.05, 3.63) is 72.8 Å². The number of unbranched alkanes of at least 4 members (excludes halogenated alkanes) is 15. The van der Waals surface area contributed by atoms with Crippen molar-refractivity contribution < 1.29 is 14.3 Å². The Bertz CT molecular complexity index is 1040. The van der Waals surface area contributed by atoms with Crippen LogP contribution < -0.4 is 10.4 Å². The lowest BCUT2D eigenvalue weighted by Gasteiger charge is -2.43. The molecule has 1 unspecified atom stereocenters. The van der Waals surface area contributed by atoms with Crippen LogP contribution in [-0.4, -0.2) is 25.7 Å². The topological polar surface area (TPSA) is 46.5 Å². The molecule has 1 atom stereocenters. The van der Waals surface area contributed by atoms with E-state index in [4.69, 9.17) is 4.74 Å². The third kappa shape index (κ3) is 16.5. The number of hydrogen-bond acceptors (Lipinski definition) is 3. The second-order valence-corrected chi connectivity index (χ2v) is 18.9. The molecule has 0 aliphatic heterocycles. The van der Waals surface area contributed by atoms with Crippen LogP contribution in [0.5, 0.6) is 0 Å². The van der Waals surface area contributed by atoms with Gasteiger partial charge in [0, 0.05) is 6.42 Å². The largest absolute Gasteiger partial charge is 0.461 e. The summed E-state index contributed by atoms with van der Waals surface area (Å²) in [5, 5.41) is 2.05. The molecule has 2 rings (SSSR count). The molecule has 0 saturated heterocycles. The maximum Gasteiger partial charge on any atom is 0.306 e. The Kier molecular flexibility index (Phi) is 22.5. The zero-order chi connectivity index (χ0) is 34.8. The highest BCUT2D eigenvalue weighted by Crippen LogP contribution is 2.43. The van der Waals surface area contributed by atoms with Gasteiger partial charge in [0.15, 0.2) is 0 Å². The van der Waals surface area contributed by atoms with Gasteiger partial charge in [-0.25, -0.2) is 0 Å². The number of rotatable bonds is 29. The molecule has 0 heterocycles. The van der Waals surface area contributed by atoms with E-state index in [9.17, 15) is 9.59 Å². The van der Waals surface area contributed by atoms with E-state index in [1.54, 1.807) is 0 Å². The van der Waals surface area contributed by atoms with Gasteiger partial charge >= 0.3 is 5.97 Å². The van der Waals surface area contributed by atoms with Gasteiger partial charge in [0.25, 0.3) is 8.32 Å². The number of carbonyl (C=O) groups is 1.